The SMILES string of the molecule is COc1cc(Cl)ccc1C(=O)NCC1(O)CCCCCC1. The highest BCUT2D eigenvalue weighted by Gasteiger charge is 2.28. The van der Waals surface area contributed by atoms with E-state index in [2.05, 4.69) is 5.32 Å². The summed E-state index contributed by atoms with van der Waals surface area (Å²) in [7, 11) is 1.50. The molecule has 4 nitrogen and oxygen atoms in total. The van der Waals surface area contributed by atoms with Gasteiger partial charge < -0.3 is 15.2 Å². The van der Waals surface area contributed by atoms with E-state index in [-0.39, 0.29) is 12.5 Å². The van der Waals surface area contributed by atoms with Crippen LogP contribution in [0.4, 0.5) is 0 Å². The Balaban J connectivity index is 2.01. The van der Waals surface area contributed by atoms with Crippen LogP contribution in [0, 0.1) is 0 Å². The Morgan fingerprint density at radius 3 is 2.62 bits per heavy atom. The normalized spacial score (nSPS) is 17.9. The summed E-state index contributed by atoms with van der Waals surface area (Å²) in [5.74, 6) is 0.189. The van der Waals surface area contributed by atoms with Gasteiger partial charge in [0.2, 0.25) is 0 Å². The molecular weight excluding hydrogens is 290 g/mol. The average Bonchev–Trinajstić information content (AvgIpc) is 2.70. The molecule has 0 spiro atoms. The first-order chi connectivity index (χ1) is 10.0. The lowest BCUT2D eigenvalue weighted by atomic mass is 9.94. The molecule has 1 saturated carbocycles. The van der Waals surface area contributed by atoms with E-state index in [4.69, 9.17) is 16.3 Å². The Bertz CT molecular complexity index is 496. The van der Waals surface area contributed by atoms with Gasteiger partial charge in [-0.3, -0.25) is 4.79 Å². The van der Waals surface area contributed by atoms with Crippen LogP contribution in [0.2, 0.25) is 5.02 Å². The summed E-state index contributed by atoms with van der Waals surface area (Å²) in [6.45, 7) is 0.275. The quantitative estimate of drug-likeness (QED) is 0.840. The van der Waals surface area contributed by atoms with Crippen molar-refractivity contribution in [3.05, 3.63) is 28.8 Å². The van der Waals surface area contributed by atoms with Crippen LogP contribution in [-0.4, -0.2) is 30.3 Å². The van der Waals surface area contributed by atoms with E-state index in [0.717, 1.165) is 38.5 Å². The molecular formula is C16H22ClNO3. The fourth-order valence-corrected chi connectivity index (χ4v) is 2.92. The van der Waals surface area contributed by atoms with Gasteiger partial charge in [0.05, 0.1) is 18.3 Å². The number of aliphatic hydroxyl groups is 1. The Morgan fingerprint density at radius 1 is 1.33 bits per heavy atom. The van der Waals surface area contributed by atoms with Crippen molar-refractivity contribution in [2.24, 2.45) is 0 Å². The van der Waals surface area contributed by atoms with Crippen molar-refractivity contribution in [2.45, 2.75) is 44.1 Å². The molecule has 1 aromatic rings. The molecule has 0 saturated heterocycles. The lowest BCUT2D eigenvalue weighted by molar-refractivity contribution is 0.0246. The van der Waals surface area contributed by atoms with Gasteiger partial charge >= 0.3 is 0 Å². The fourth-order valence-electron chi connectivity index (χ4n) is 2.76. The smallest absolute Gasteiger partial charge is 0.255 e. The number of hydrogen-bond acceptors (Lipinski definition) is 3. The number of nitrogens with one attached hydrogen (secondary N) is 1. The molecule has 1 aliphatic rings. The first kappa shape index (κ1) is 16.1. The van der Waals surface area contributed by atoms with E-state index >= 15 is 0 Å². The Kier molecular flexibility index (Phi) is 5.48. The number of halogens is 1. The van der Waals surface area contributed by atoms with E-state index in [1.165, 1.54) is 7.11 Å². The van der Waals surface area contributed by atoms with Crippen molar-refractivity contribution >= 4 is 17.5 Å². The number of ether oxygens (including phenoxy) is 1. The molecule has 2 N–H and O–H groups in total. The topological polar surface area (TPSA) is 58.6 Å². The Labute approximate surface area is 130 Å². The van der Waals surface area contributed by atoms with E-state index in [0.29, 0.717) is 16.3 Å². The van der Waals surface area contributed by atoms with Gasteiger partial charge in [-0.2, -0.15) is 0 Å². The van der Waals surface area contributed by atoms with Crippen molar-refractivity contribution in [3.8, 4) is 5.75 Å². The van der Waals surface area contributed by atoms with Gasteiger partial charge in [0, 0.05) is 11.6 Å². The molecule has 5 heteroatoms. The Hall–Kier alpha value is -1.26. The molecule has 1 fully saturated rings. The van der Waals surface area contributed by atoms with Crippen LogP contribution >= 0.6 is 11.6 Å². The molecule has 0 bridgehead atoms. The first-order valence-corrected chi connectivity index (χ1v) is 7.76. The summed E-state index contributed by atoms with van der Waals surface area (Å²) in [6.07, 6.45) is 5.81. The molecule has 116 valence electrons. The molecule has 0 heterocycles. The van der Waals surface area contributed by atoms with Gasteiger partial charge in [0.15, 0.2) is 0 Å². The largest absolute Gasteiger partial charge is 0.496 e. The van der Waals surface area contributed by atoms with E-state index in [9.17, 15) is 9.90 Å². The molecule has 1 aromatic carbocycles. The summed E-state index contributed by atoms with van der Waals surface area (Å²) in [5, 5.41) is 13.9. The van der Waals surface area contributed by atoms with Gasteiger partial charge in [0.1, 0.15) is 5.75 Å². The van der Waals surface area contributed by atoms with Gasteiger partial charge in [0.25, 0.3) is 5.91 Å². The van der Waals surface area contributed by atoms with Crippen molar-refractivity contribution in [3.63, 3.8) is 0 Å². The predicted octanol–water partition coefficient (Wildman–Crippen LogP) is 3.16. The third-order valence-corrected chi connectivity index (χ3v) is 4.26. The maximum Gasteiger partial charge on any atom is 0.255 e. The van der Waals surface area contributed by atoms with Crippen LogP contribution in [0.25, 0.3) is 0 Å². The number of rotatable bonds is 4. The van der Waals surface area contributed by atoms with Crippen molar-refractivity contribution in [2.75, 3.05) is 13.7 Å². The molecule has 0 unspecified atom stereocenters. The van der Waals surface area contributed by atoms with Crippen molar-refractivity contribution in [1.29, 1.82) is 0 Å². The second kappa shape index (κ2) is 7.14. The number of benzene rings is 1. The molecule has 0 atom stereocenters. The van der Waals surface area contributed by atoms with Crippen molar-refractivity contribution < 1.29 is 14.6 Å². The predicted molar refractivity (Wildman–Crippen MR) is 83.0 cm³/mol. The summed E-state index contributed by atoms with van der Waals surface area (Å²) in [5.41, 5.74) is -0.356. The number of amides is 1. The second-order valence-corrected chi connectivity index (χ2v) is 6.10. The van der Waals surface area contributed by atoms with Crippen LogP contribution < -0.4 is 10.1 Å². The van der Waals surface area contributed by atoms with Crippen LogP contribution in [0.5, 0.6) is 5.75 Å². The zero-order valence-electron chi connectivity index (χ0n) is 12.3. The van der Waals surface area contributed by atoms with Gasteiger partial charge in [-0.05, 0) is 31.0 Å². The number of carbonyl (C=O) groups is 1. The molecule has 0 radical (unpaired) electrons. The van der Waals surface area contributed by atoms with Crippen molar-refractivity contribution in [1.82, 2.24) is 5.32 Å². The third-order valence-electron chi connectivity index (χ3n) is 4.02. The first-order valence-electron chi connectivity index (χ1n) is 7.38. The minimum Gasteiger partial charge on any atom is -0.496 e. The lowest BCUT2D eigenvalue weighted by Gasteiger charge is -2.27. The van der Waals surface area contributed by atoms with Crippen LogP contribution in [0.3, 0.4) is 0 Å². The second-order valence-electron chi connectivity index (χ2n) is 5.67. The number of methoxy groups -OCH3 is 1. The molecule has 2 rings (SSSR count). The molecule has 0 aliphatic heterocycles. The molecule has 0 aromatic heterocycles. The lowest BCUT2D eigenvalue weighted by Crippen LogP contribution is -2.42. The minimum absolute atomic E-state index is 0.249. The Morgan fingerprint density at radius 2 is 2.00 bits per heavy atom. The van der Waals surface area contributed by atoms with Gasteiger partial charge in [-0.25, -0.2) is 0 Å². The molecule has 1 aliphatic carbocycles. The van der Waals surface area contributed by atoms with E-state index in [1.54, 1.807) is 18.2 Å². The maximum atomic E-state index is 12.3. The average molecular weight is 312 g/mol. The van der Waals surface area contributed by atoms with Crippen LogP contribution in [-0.2, 0) is 0 Å². The van der Waals surface area contributed by atoms with Crippen LogP contribution in [0.15, 0.2) is 18.2 Å². The molecule has 1 amide bonds. The van der Waals surface area contributed by atoms with Gasteiger partial charge in [-0.15, -0.1) is 0 Å². The number of carbonyl (C=O) groups excluding carboxylic acids is 1. The highest BCUT2D eigenvalue weighted by atomic mass is 35.5. The maximum absolute atomic E-state index is 12.3. The summed E-state index contributed by atoms with van der Waals surface area (Å²) < 4.78 is 5.18. The van der Waals surface area contributed by atoms with Gasteiger partial charge in [-0.1, -0.05) is 37.3 Å². The van der Waals surface area contributed by atoms with E-state index < -0.39 is 5.60 Å². The summed E-state index contributed by atoms with van der Waals surface area (Å²) in [6, 6.07) is 4.89. The standard InChI is InChI=1S/C16H22ClNO3/c1-21-14-10-12(17)6-7-13(14)15(19)18-11-16(20)8-4-2-3-5-9-16/h6-7,10,20H,2-5,8-9,11H2,1H3,(H,18,19). The summed E-state index contributed by atoms with van der Waals surface area (Å²) in [4.78, 5) is 12.3. The fraction of sp³-hybridized carbons (Fsp3) is 0.562. The highest BCUT2D eigenvalue weighted by molar-refractivity contribution is 6.30. The third kappa shape index (κ3) is 4.35. The zero-order chi connectivity index (χ0) is 15.3. The monoisotopic (exact) mass is 311 g/mol. The number of hydrogen-bond donors (Lipinski definition) is 2. The molecule has 21 heavy (non-hydrogen) atoms. The van der Waals surface area contributed by atoms with E-state index in [1.807, 2.05) is 0 Å². The highest BCUT2D eigenvalue weighted by Crippen LogP contribution is 2.27. The minimum atomic E-state index is -0.786. The zero-order valence-corrected chi connectivity index (χ0v) is 13.1. The summed E-state index contributed by atoms with van der Waals surface area (Å²) >= 11 is 5.89. The van der Waals surface area contributed by atoms with Crippen LogP contribution in [0.1, 0.15) is 48.9 Å².